The third-order valence-corrected chi connectivity index (χ3v) is 5.42. The Morgan fingerprint density at radius 2 is 2.35 bits per heavy atom. The number of hydrogen-bond donors (Lipinski definition) is 0. The van der Waals surface area contributed by atoms with E-state index in [4.69, 9.17) is 0 Å². The molecule has 2 heterocycles. The molecule has 1 saturated carbocycles. The average Bonchev–Trinajstić information content (AvgIpc) is 3.04. The van der Waals surface area contributed by atoms with Crippen LogP contribution in [0.15, 0.2) is 12.1 Å². The molecule has 2 bridgehead atoms. The molecule has 0 N–H and O–H groups in total. The number of carbonyl (C=O) groups excluding carboxylic acids is 1. The monoisotopic (exact) mass is 249 g/mol. The van der Waals surface area contributed by atoms with E-state index in [1.807, 2.05) is 6.07 Å². The lowest BCUT2D eigenvalue weighted by molar-refractivity contribution is 0.0909. The molecule has 1 aliphatic heterocycles. The lowest BCUT2D eigenvalue weighted by Gasteiger charge is -2.25. The zero-order chi connectivity index (χ0) is 11.8. The zero-order valence-corrected chi connectivity index (χ0v) is 11.1. The highest BCUT2D eigenvalue weighted by atomic mass is 32.1. The molecule has 0 amide bonds. The molecule has 2 unspecified atom stereocenters. The van der Waals surface area contributed by atoms with E-state index in [1.54, 1.807) is 11.3 Å². The van der Waals surface area contributed by atoms with E-state index in [0.717, 1.165) is 23.8 Å². The number of piperidine rings is 1. The number of thiophene rings is 1. The van der Waals surface area contributed by atoms with Gasteiger partial charge in [0.2, 0.25) is 0 Å². The maximum absolute atomic E-state index is 12.2. The first-order valence-electron chi connectivity index (χ1n) is 6.62. The van der Waals surface area contributed by atoms with Crippen LogP contribution in [-0.4, -0.2) is 29.8 Å². The number of aryl methyl sites for hydroxylation is 1. The molecule has 3 heteroatoms. The molecule has 2 aliphatic rings. The van der Waals surface area contributed by atoms with Crippen LogP contribution < -0.4 is 0 Å². The maximum Gasteiger partial charge on any atom is 0.186 e. The van der Waals surface area contributed by atoms with Gasteiger partial charge in [0.05, 0.1) is 11.4 Å². The van der Waals surface area contributed by atoms with Gasteiger partial charge in [-0.1, -0.05) is 6.92 Å². The summed E-state index contributed by atoms with van der Waals surface area (Å²) in [6, 6.07) is 4.79. The summed E-state index contributed by atoms with van der Waals surface area (Å²) in [6.07, 6.45) is 5.06. The van der Waals surface area contributed by atoms with Crippen molar-refractivity contribution in [2.24, 2.45) is 5.92 Å². The van der Waals surface area contributed by atoms with E-state index in [-0.39, 0.29) is 0 Å². The minimum atomic E-state index is 0.322. The fourth-order valence-electron chi connectivity index (χ4n) is 3.20. The SMILES string of the molecule is CCc1ccc(C(=O)CN2CC3CCC2C3)s1. The minimum Gasteiger partial charge on any atom is -0.293 e. The summed E-state index contributed by atoms with van der Waals surface area (Å²) < 4.78 is 0. The summed E-state index contributed by atoms with van der Waals surface area (Å²) in [6.45, 7) is 3.94. The van der Waals surface area contributed by atoms with Crippen LogP contribution in [0.5, 0.6) is 0 Å². The second-order valence-electron chi connectivity index (χ2n) is 5.31. The Bertz CT molecular complexity index is 426. The van der Waals surface area contributed by atoms with Crippen LogP contribution in [0.4, 0.5) is 0 Å². The molecule has 92 valence electrons. The number of fused-ring (bicyclic) bond motifs is 2. The van der Waals surface area contributed by atoms with Crippen LogP contribution in [0.1, 0.15) is 40.7 Å². The molecule has 0 spiro atoms. The lowest BCUT2D eigenvalue weighted by Crippen LogP contribution is -2.36. The van der Waals surface area contributed by atoms with Gasteiger partial charge in [-0.2, -0.15) is 0 Å². The summed E-state index contributed by atoms with van der Waals surface area (Å²) in [5.74, 6) is 1.20. The Labute approximate surface area is 107 Å². The molecule has 1 aromatic rings. The molecule has 3 rings (SSSR count). The van der Waals surface area contributed by atoms with E-state index in [0.29, 0.717) is 18.4 Å². The van der Waals surface area contributed by atoms with Crippen molar-refractivity contribution in [2.45, 2.75) is 38.6 Å². The van der Waals surface area contributed by atoms with Gasteiger partial charge in [-0.25, -0.2) is 0 Å². The topological polar surface area (TPSA) is 20.3 Å². The molecule has 1 aliphatic carbocycles. The quantitative estimate of drug-likeness (QED) is 0.765. The largest absolute Gasteiger partial charge is 0.293 e. The maximum atomic E-state index is 12.2. The number of rotatable bonds is 4. The molecule has 0 aromatic carbocycles. The molecule has 2 fully saturated rings. The summed E-state index contributed by atoms with van der Waals surface area (Å²) in [7, 11) is 0. The Morgan fingerprint density at radius 1 is 1.47 bits per heavy atom. The predicted octanol–water partition coefficient (Wildman–Crippen LogP) is 2.98. The summed E-state index contributed by atoms with van der Waals surface area (Å²) in [5, 5.41) is 0. The van der Waals surface area contributed by atoms with Crippen LogP contribution in [0, 0.1) is 5.92 Å². The van der Waals surface area contributed by atoms with E-state index in [1.165, 1.54) is 24.1 Å². The molecular formula is C14H19NOS. The van der Waals surface area contributed by atoms with Crippen LogP contribution >= 0.6 is 11.3 Å². The fourth-order valence-corrected chi connectivity index (χ4v) is 4.08. The van der Waals surface area contributed by atoms with Crippen molar-refractivity contribution in [2.75, 3.05) is 13.1 Å². The highest BCUT2D eigenvalue weighted by Crippen LogP contribution is 2.37. The van der Waals surface area contributed by atoms with Crippen LogP contribution in [0.25, 0.3) is 0 Å². The number of carbonyl (C=O) groups is 1. The third-order valence-electron chi connectivity index (χ3n) is 4.15. The normalized spacial score (nSPS) is 27.8. The Hall–Kier alpha value is -0.670. The van der Waals surface area contributed by atoms with E-state index in [9.17, 15) is 4.79 Å². The van der Waals surface area contributed by atoms with Gasteiger partial charge in [-0.3, -0.25) is 9.69 Å². The first-order valence-corrected chi connectivity index (χ1v) is 7.44. The Kier molecular flexibility index (Phi) is 3.05. The van der Waals surface area contributed by atoms with E-state index >= 15 is 0 Å². The van der Waals surface area contributed by atoms with Gasteiger partial charge in [0, 0.05) is 17.5 Å². The molecular weight excluding hydrogens is 230 g/mol. The summed E-state index contributed by atoms with van der Waals surface area (Å²) in [5.41, 5.74) is 0. The van der Waals surface area contributed by atoms with Crippen molar-refractivity contribution in [1.82, 2.24) is 4.90 Å². The smallest absolute Gasteiger partial charge is 0.186 e. The van der Waals surface area contributed by atoms with Gasteiger partial charge >= 0.3 is 0 Å². The standard InChI is InChI=1S/C14H19NOS/c1-2-12-5-6-14(17-12)13(16)9-15-8-10-3-4-11(15)7-10/h5-6,10-11H,2-4,7-9H2,1H3. The van der Waals surface area contributed by atoms with Crippen LogP contribution in [0.3, 0.4) is 0 Å². The first-order chi connectivity index (χ1) is 8.26. The molecule has 2 nitrogen and oxygen atoms in total. The molecule has 1 aromatic heterocycles. The van der Waals surface area contributed by atoms with Crippen molar-refractivity contribution >= 4 is 17.1 Å². The fraction of sp³-hybridized carbons (Fsp3) is 0.643. The molecule has 1 saturated heterocycles. The summed E-state index contributed by atoms with van der Waals surface area (Å²) in [4.78, 5) is 16.8. The van der Waals surface area contributed by atoms with E-state index < -0.39 is 0 Å². The highest BCUT2D eigenvalue weighted by molar-refractivity contribution is 7.14. The average molecular weight is 249 g/mol. The Balaban J connectivity index is 1.63. The van der Waals surface area contributed by atoms with E-state index in [2.05, 4.69) is 17.9 Å². The molecule has 2 atom stereocenters. The first kappa shape index (κ1) is 11.4. The number of likely N-dealkylation sites (tertiary alicyclic amines) is 1. The van der Waals surface area contributed by atoms with Crippen molar-refractivity contribution in [3.63, 3.8) is 0 Å². The van der Waals surface area contributed by atoms with Crippen molar-refractivity contribution < 1.29 is 4.79 Å². The van der Waals surface area contributed by atoms with Crippen molar-refractivity contribution in [3.8, 4) is 0 Å². The van der Waals surface area contributed by atoms with Gasteiger partial charge in [0.1, 0.15) is 0 Å². The predicted molar refractivity (Wildman–Crippen MR) is 70.7 cm³/mol. The lowest BCUT2D eigenvalue weighted by atomic mass is 10.1. The van der Waals surface area contributed by atoms with Gasteiger partial charge in [0.25, 0.3) is 0 Å². The van der Waals surface area contributed by atoms with Crippen molar-refractivity contribution in [3.05, 3.63) is 21.9 Å². The second-order valence-corrected chi connectivity index (χ2v) is 6.47. The van der Waals surface area contributed by atoms with Gasteiger partial charge in [-0.15, -0.1) is 11.3 Å². The summed E-state index contributed by atoms with van der Waals surface area (Å²) >= 11 is 1.67. The second kappa shape index (κ2) is 4.54. The zero-order valence-electron chi connectivity index (χ0n) is 10.3. The molecule has 17 heavy (non-hydrogen) atoms. The van der Waals surface area contributed by atoms with Gasteiger partial charge in [0.15, 0.2) is 5.78 Å². The number of hydrogen-bond acceptors (Lipinski definition) is 3. The van der Waals surface area contributed by atoms with Crippen LogP contribution in [0.2, 0.25) is 0 Å². The van der Waals surface area contributed by atoms with Crippen LogP contribution in [-0.2, 0) is 6.42 Å². The highest BCUT2D eigenvalue weighted by Gasteiger charge is 2.38. The number of ketones is 1. The van der Waals surface area contributed by atoms with Gasteiger partial charge < -0.3 is 0 Å². The number of nitrogens with zero attached hydrogens (tertiary/aromatic N) is 1. The minimum absolute atomic E-state index is 0.322. The van der Waals surface area contributed by atoms with Crippen molar-refractivity contribution in [1.29, 1.82) is 0 Å². The Morgan fingerprint density at radius 3 is 2.94 bits per heavy atom. The third kappa shape index (κ3) is 2.18. The van der Waals surface area contributed by atoms with Gasteiger partial charge in [-0.05, 0) is 43.7 Å². The molecule has 0 radical (unpaired) electrons. The number of Topliss-reactive ketones (excluding diaryl/α,β-unsaturated/α-hetero) is 1.